The van der Waals surface area contributed by atoms with E-state index in [0.717, 1.165) is 0 Å². The SMILES string of the molecule is C=CCN(CC=C)C(=O)C(=O)Nc1cccc(C(C)=O)c1. The minimum atomic E-state index is -0.764. The molecular weight excluding hydrogens is 268 g/mol. The molecule has 1 aromatic rings. The summed E-state index contributed by atoms with van der Waals surface area (Å²) in [5.74, 6) is -1.56. The highest BCUT2D eigenvalue weighted by Gasteiger charge is 2.20. The second-order valence-corrected chi connectivity index (χ2v) is 4.38. The molecule has 21 heavy (non-hydrogen) atoms. The first kappa shape index (κ1) is 16.4. The van der Waals surface area contributed by atoms with Gasteiger partial charge in [0, 0.05) is 24.3 Å². The van der Waals surface area contributed by atoms with E-state index in [2.05, 4.69) is 18.5 Å². The van der Waals surface area contributed by atoms with Crippen molar-refractivity contribution < 1.29 is 14.4 Å². The van der Waals surface area contributed by atoms with E-state index in [9.17, 15) is 14.4 Å². The highest BCUT2D eigenvalue weighted by molar-refractivity contribution is 6.39. The summed E-state index contributed by atoms with van der Waals surface area (Å²) in [5.41, 5.74) is 0.868. The minimum Gasteiger partial charge on any atom is -0.327 e. The molecule has 0 fully saturated rings. The third-order valence-corrected chi connectivity index (χ3v) is 2.71. The molecule has 0 spiro atoms. The lowest BCUT2D eigenvalue weighted by atomic mass is 10.1. The van der Waals surface area contributed by atoms with Crippen LogP contribution in [-0.4, -0.2) is 35.6 Å². The molecule has 5 heteroatoms. The Kier molecular flexibility index (Phi) is 6.07. The van der Waals surface area contributed by atoms with Crippen LogP contribution in [-0.2, 0) is 9.59 Å². The maximum Gasteiger partial charge on any atom is 0.313 e. The fourth-order valence-corrected chi connectivity index (χ4v) is 1.70. The fraction of sp³-hybridized carbons (Fsp3) is 0.188. The number of benzene rings is 1. The van der Waals surface area contributed by atoms with Crippen molar-refractivity contribution in [3.63, 3.8) is 0 Å². The Labute approximate surface area is 123 Å². The number of carbonyl (C=O) groups excluding carboxylic acids is 3. The third-order valence-electron chi connectivity index (χ3n) is 2.71. The number of anilines is 1. The van der Waals surface area contributed by atoms with Gasteiger partial charge in [0.05, 0.1) is 0 Å². The first-order chi connectivity index (χ1) is 9.99. The van der Waals surface area contributed by atoms with Gasteiger partial charge in [0.25, 0.3) is 0 Å². The summed E-state index contributed by atoms with van der Waals surface area (Å²) in [5, 5.41) is 2.48. The molecule has 0 saturated carbocycles. The number of ketones is 1. The summed E-state index contributed by atoms with van der Waals surface area (Å²) < 4.78 is 0. The van der Waals surface area contributed by atoms with Crippen LogP contribution in [0.3, 0.4) is 0 Å². The number of hydrogen-bond donors (Lipinski definition) is 1. The lowest BCUT2D eigenvalue weighted by molar-refractivity contribution is -0.142. The maximum atomic E-state index is 12.0. The quantitative estimate of drug-likeness (QED) is 0.494. The lowest BCUT2D eigenvalue weighted by Gasteiger charge is -2.18. The zero-order valence-corrected chi connectivity index (χ0v) is 12.0. The van der Waals surface area contributed by atoms with Gasteiger partial charge in [-0.3, -0.25) is 14.4 Å². The van der Waals surface area contributed by atoms with E-state index in [0.29, 0.717) is 11.3 Å². The zero-order chi connectivity index (χ0) is 15.8. The van der Waals surface area contributed by atoms with Gasteiger partial charge in [-0.25, -0.2) is 0 Å². The molecule has 1 rings (SSSR count). The largest absolute Gasteiger partial charge is 0.327 e. The van der Waals surface area contributed by atoms with Crippen molar-refractivity contribution in [3.8, 4) is 0 Å². The first-order valence-corrected chi connectivity index (χ1v) is 6.42. The summed E-state index contributed by atoms with van der Waals surface area (Å²) in [6.07, 6.45) is 3.07. The molecule has 110 valence electrons. The monoisotopic (exact) mass is 286 g/mol. The normalized spacial score (nSPS) is 9.57. The van der Waals surface area contributed by atoms with Gasteiger partial charge < -0.3 is 10.2 Å². The predicted octanol–water partition coefficient (Wildman–Crippen LogP) is 2.03. The molecule has 0 radical (unpaired) electrons. The van der Waals surface area contributed by atoms with Gasteiger partial charge in [-0.1, -0.05) is 24.3 Å². The molecule has 0 aromatic heterocycles. The molecule has 0 atom stereocenters. The second kappa shape index (κ2) is 7.79. The Morgan fingerprint density at radius 3 is 2.33 bits per heavy atom. The van der Waals surface area contributed by atoms with E-state index < -0.39 is 11.8 Å². The number of nitrogens with one attached hydrogen (secondary N) is 1. The van der Waals surface area contributed by atoms with E-state index >= 15 is 0 Å². The van der Waals surface area contributed by atoms with E-state index in [4.69, 9.17) is 0 Å². The fourth-order valence-electron chi connectivity index (χ4n) is 1.70. The van der Waals surface area contributed by atoms with Crippen LogP contribution < -0.4 is 5.32 Å². The Morgan fingerprint density at radius 2 is 1.81 bits per heavy atom. The average Bonchev–Trinajstić information content (AvgIpc) is 2.46. The van der Waals surface area contributed by atoms with Crippen molar-refractivity contribution in [3.05, 3.63) is 55.1 Å². The molecule has 1 N–H and O–H groups in total. The molecule has 2 amide bonds. The Bertz CT molecular complexity index is 569. The predicted molar refractivity (Wildman–Crippen MR) is 82.1 cm³/mol. The van der Waals surface area contributed by atoms with Gasteiger partial charge in [-0.2, -0.15) is 0 Å². The Hall–Kier alpha value is -2.69. The molecule has 0 bridgehead atoms. The third kappa shape index (κ3) is 4.72. The lowest BCUT2D eigenvalue weighted by Crippen LogP contribution is -2.39. The van der Waals surface area contributed by atoms with Crippen molar-refractivity contribution in [2.75, 3.05) is 18.4 Å². The summed E-state index contributed by atoms with van der Waals surface area (Å²) in [6, 6.07) is 6.42. The molecule has 0 heterocycles. The molecule has 0 aliphatic carbocycles. The second-order valence-electron chi connectivity index (χ2n) is 4.38. The molecule has 1 aromatic carbocycles. The van der Waals surface area contributed by atoms with Gasteiger partial charge in [0.15, 0.2) is 5.78 Å². The number of rotatable bonds is 6. The highest BCUT2D eigenvalue weighted by atomic mass is 16.2. The summed E-state index contributed by atoms with van der Waals surface area (Å²) >= 11 is 0. The number of carbonyl (C=O) groups is 3. The molecule has 5 nitrogen and oxygen atoms in total. The van der Waals surface area contributed by atoms with Gasteiger partial charge in [0.1, 0.15) is 0 Å². The van der Waals surface area contributed by atoms with Gasteiger partial charge in [-0.15, -0.1) is 13.2 Å². The van der Waals surface area contributed by atoms with Crippen LogP contribution in [0.5, 0.6) is 0 Å². The summed E-state index contributed by atoms with van der Waals surface area (Å²) in [4.78, 5) is 36.5. The van der Waals surface area contributed by atoms with Crippen molar-refractivity contribution in [1.82, 2.24) is 4.90 Å². The number of Topliss-reactive ketones (excluding diaryl/α,β-unsaturated/α-hetero) is 1. The molecular formula is C16H18N2O3. The smallest absolute Gasteiger partial charge is 0.313 e. The zero-order valence-electron chi connectivity index (χ0n) is 12.0. The van der Waals surface area contributed by atoms with E-state index in [-0.39, 0.29) is 18.9 Å². The van der Waals surface area contributed by atoms with Gasteiger partial charge >= 0.3 is 11.8 Å². The van der Waals surface area contributed by atoms with Crippen molar-refractivity contribution >= 4 is 23.3 Å². The van der Waals surface area contributed by atoms with Crippen LogP contribution in [0.25, 0.3) is 0 Å². The van der Waals surface area contributed by atoms with E-state index in [1.54, 1.807) is 18.2 Å². The molecule has 0 aliphatic heterocycles. The maximum absolute atomic E-state index is 12.0. The number of nitrogens with zero attached hydrogens (tertiary/aromatic N) is 1. The van der Waals surface area contributed by atoms with E-state index in [1.165, 1.54) is 30.0 Å². The Balaban J connectivity index is 2.81. The van der Waals surface area contributed by atoms with Gasteiger partial charge in [-0.05, 0) is 19.1 Å². The Morgan fingerprint density at radius 1 is 1.19 bits per heavy atom. The van der Waals surface area contributed by atoms with E-state index in [1.807, 2.05) is 0 Å². The average molecular weight is 286 g/mol. The molecule has 0 aliphatic rings. The van der Waals surface area contributed by atoms with Crippen LogP contribution in [0.2, 0.25) is 0 Å². The first-order valence-electron chi connectivity index (χ1n) is 6.42. The topological polar surface area (TPSA) is 66.5 Å². The summed E-state index contributed by atoms with van der Waals surface area (Å²) in [6.45, 7) is 9.03. The number of amides is 2. The van der Waals surface area contributed by atoms with Crippen LogP contribution >= 0.6 is 0 Å². The minimum absolute atomic E-state index is 0.114. The highest BCUT2D eigenvalue weighted by Crippen LogP contribution is 2.11. The van der Waals surface area contributed by atoms with Crippen molar-refractivity contribution in [2.24, 2.45) is 0 Å². The van der Waals surface area contributed by atoms with Crippen molar-refractivity contribution in [1.29, 1.82) is 0 Å². The van der Waals surface area contributed by atoms with Gasteiger partial charge in [0.2, 0.25) is 0 Å². The summed E-state index contributed by atoms with van der Waals surface area (Å²) in [7, 11) is 0. The molecule has 0 saturated heterocycles. The van der Waals surface area contributed by atoms with Crippen LogP contribution in [0.4, 0.5) is 5.69 Å². The van der Waals surface area contributed by atoms with Crippen LogP contribution in [0.15, 0.2) is 49.6 Å². The van der Waals surface area contributed by atoms with Crippen molar-refractivity contribution in [2.45, 2.75) is 6.92 Å². The van der Waals surface area contributed by atoms with Crippen LogP contribution in [0.1, 0.15) is 17.3 Å². The standard InChI is InChI=1S/C16H18N2O3/c1-4-9-18(10-5-2)16(21)15(20)17-14-8-6-7-13(11-14)12(3)19/h4-8,11H,1-2,9-10H2,3H3,(H,17,20). The number of hydrogen-bond acceptors (Lipinski definition) is 3. The molecule has 0 unspecified atom stereocenters. The van der Waals surface area contributed by atoms with Crippen LogP contribution in [0, 0.1) is 0 Å².